The lowest BCUT2D eigenvalue weighted by molar-refractivity contribution is -0.140. The van der Waals surface area contributed by atoms with Crippen LogP contribution in [0.3, 0.4) is 0 Å². The summed E-state index contributed by atoms with van der Waals surface area (Å²) in [7, 11) is -2.65. The van der Waals surface area contributed by atoms with E-state index in [2.05, 4.69) is 5.32 Å². The zero-order chi connectivity index (χ0) is 28.8. The quantitative estimate of drug-likeness (QED) is 0.399. The minimum absolute atomic E-state index is 0.0457. The molecule has 0 saturated heterocycles. The van der Waals surface area contributed by atoms with E-state index in [0.717, 1.165) is 15.4 Å². The van der Waals surface area contributed by atoms with Crippen LogP contribution in [0, 0.1) is 6.92 Å². The second kappa shape index (κ2) is 12.3. The van der Waals surface area contributed by atoms with E-state index in [1.165, 1.54) is 24.1 Å². The molecule has 9 heteroatoms. The molecule has 0 radical (unpaired) electrons. The van der Waals surface area contributed by atoms with Crippen molar-refractivity contribution < 1.29 is 22.7 Å². The van der Waals surface area contributed by atoms with Crippen molar-refractivity contribution in [3.8, 4) is 5.75 Å². The average Bonchev–Trinajstić information content (AvgIpc) is 2.89. The van der Waals surface area contributed by atoms with Gasteiger partial charge in [-0.05, 0) is 64.4 Å². The number of sulfonamides is 1. The predicted octanol–water partition coefficient (Wildman–Crippen LogP) is 4.53. The normalized spacial score (nSPS) is 12.4. The Morgan fingerprint density at radius 1 is 0.949 bits per heavy atom. The van der Waals surface area contributed by atoms with Gasteiger partial charge in [0.15, 0.2) is 0 Å². The van der Waals surface area contributed by atoms with E-state index in [0.29, 0.717) is 5.75 Å². The molecule has 39 heavy (non-hydrogen) atoms. The highest BCUT2D eigenvalue weighted by atomic mass is 32.2. The fraction of sp³-hybridized carbons (Fsp3) is 0.333. The van der Waals surface area contributed by atoms with Crippen LogP contribution in [-0.2, 0) is 26.2 Å². The van der Waals surface area contributed by atoms with Gasteiger partial charge in [-0.1, -0.05) is 54.1 Å². The third-order valence-electron chi connectivity index (χ3n) is 6.05. The first-order valence-electron chi connectivity index (χ1n) is 12.7. The monoisotopic (exact) mass is 551 g/mol. The fourth-order valence-corrected chi connectivity index (χ4v) is 5.50. The van der Waals surface area contributed by atoms with Gasteiger partial charge in [0.1, 0.15) is 18.3 Å². The average molecular weight is 552 g/mol. The molecule has 3 rings (SSSR count). The zero-order valence-electron chi connectivity index (χ0n) is 23.3. The van der Waals surface area contributed by atoms with Crippen LogP contribution in [0.4, 0.5) is 5.69 Å². The Morgan fingerprint density at radius 3 is 2.23 bits per heavy atom. The van der Waals surface area contributed by atoms with E-state index in [-0.39, 0.29) is 23.0 Å². The molecule has 0 spiro atoms. The van der Waals surface area contributed by atoms with E-state index in [4.69, 9.17) is 4.74 Å². The van der Waals surface area contributed by atoms with Crippen molar-refractivity contribution in [1.29, 1.82) is 0 Å². The Labute approximate surface area is 231 Å². The summed E-state index contributed by atoms with van der Waals surface area (Å²) in [5, 5.41) is 2.93. The molecule has 0 bridgehead atoms. The number of nitrogens with one attached hydrogen (secondary N) is 1. The number of benzene rings is 3. The molecule has 0 saturated carbocycles. The van der Waals surface area contributed by atoms with E-state index >= 15 is 0 Å². The number of methoxy groups -OCH3 is 1. The standard InChI is InChI=1S/C30H37N3O5S/c1-22-12-10-13-24(18-22)20-32(23(2)29(35)31-30(3,4)5)28(34)21-33(25-14-11-15-26(19-25)38-6)39(36,37)27-16-8-7-9-17-27/h7-19,23H,20-21H2,1-6H3,(H,31,35). The van der Waals surface area contributed by atoms with E-state index in [1.54, 1.807) is 49.4 Å². The first-order valence-corrected chi connectivity index (χ1v) is 14.1. The molecule has 0 aromatic heterocycles. The molecular formula is C30H37N3O5S. The third kappa shape index (κ3) is 7.83. The van der Waals surface area contributed by atoms with Crippen LogP contribution in [0.5, 0.6) is 5.75 Å². The molecule has 0 aliphatic carbocycles. The summed E-state index contributed by atoms with van der Waals surface area (Å²) in [4.78, 5) is 28.6. The van der Waals surface area contributed by atoms with Crippen molar-refractivity contribution in [2.45, 2.75) is 57.6 Å². The minimum Gasteiger partial charge on any atom is -0.497 e. The topological polar surface area (TPSA) is 96.0 Å². The Morgan fingerprint density at radius 2 is 1.62 bits per heavy atom. The predicted molar refractivity (Wildman–Crippen MR) is 153 cm³/mol. The maximum Gasteiger partial charge on any atom is 0.264 e. The molecule has 0 fully saturated rings. The van der Waals surface area contributed by atoms with Gasteiger partial charge >= 0.3 is 0 Å². The summed E-state index contributed by atoms with van der Waals surface area (Å²) >= 11 is 0. The van der Waals surface area contributed by atoms with Gasteiger partial charge in [-0.15, -0.1) is 0 Å². The number of carbonyl (C=O) groups excluding carboxylic acids is 2. The fourth-order valence-electron chi connectivity index (χ4n) is 4.08. The van der Waals surface area contributed by atoms with Crippen LogP contribution in [0.25, 0.3) is 0 Å². The number of nitrogens with zero attached hydrogens (tertiary/aromatic N) is 2. The molecule has 3 aromatic carbocycles. The molecule has 0 aliphatic rings. The number of carbonyl (C=O) groups is 2. The summed E-state index contributed by atoms with van der Waals surface area (Å²) in [6.45, 7) is 8.81. The number of amides is 2. The van der Waals surface area contributed by atoms with Crippen LogP contribution >= 0.6 is 0 Å². The summed E-state index contributed by atoms with van der Waals surface area (Å²) in [5.74, 6) is -0.402. The third-order valence-corrected chi connectivity index (χ3v) is 7.84. The van der Waals surface area contributed by atoms with Gasteiger partial charge in [-0.2, -0.15) is 0 Å². The van der Waals surface area contributed by atoms with E-state index in [1.807, 2.05) is 52.0 Å². The highest BCUT2D eigenvalue weighted by molar-refractivity contribution is 7.92. The molecule has 1 atom stereocenters. The zero-order valence-corrected chi connectivity index (χ0v) is 24.2. The maximum atomic E-state index is 14.0. The Balaban J connectivity index is 2.05. The van der Waals surface area contributed by atoms with Crippen molar-refractivity contribution in [2.75, 3.05) is 18.0 Å². The highest BCUT2D eigenvalue weighted by Gasteiger charge is 2.33. The van der Waals surface area contributed by atoms with Crippen LogP contribution in [0.15, 0.2) is 83.8 Å². The first kappa shape index (κ1) is 29.7. The van der Waals surface area contributed by atoms with Crippen LogP contribution in [0.1, 0.15) is 38.8 Å². The van der Waals surface area contributed by atoms with Crippen molar-refractivity contribution in [1.82, 2.24) is 10.2 Å². The second-order valence-corrected chi connectivity index (χ2v) is 12.3. The molecule has 2 amide bonds. The van der Waals surface area contributed by atoms with Crippen LogP contribution in [-0.4, -0.2) is 50.4 Å². The number of anilines is 1. The molecule has 3 aromatic rings. The number of aryl methyl sites for hydroxylation is 1. The Kier molecular flexibility index (Phi) is 9.40. The van der Waals surface area contributed by atoms with Crippen molar-refractivity contribution >= 4 is 27.5 Å². The van der Waals surface area contributed by atoms with Crippen molar-refractivity contribution in [3.05, 3.63) is 90.0 Å². The van der Waals surface area contributed by atoms with Gasteiger partial charge in [0.05, 0.1) is 17.7 Å². The maximum absolute atomic E-state index is 14.0. The first-order chi connectivity index (χ1) is 18.3. The minimum atomic E-state index is -4.13. The summed E-state index contributed by atoms with van der Waals surface area (Å²) < 4.78 is 34.0. The van der Waals surface area contributed by atoms with Gasteiger partial charge in [0, 0.05) is 18.2 Å². The van der Waals surface area contributed by atoms with Gasteiger partial charge in [0.25, 0.3) is 10.0 Å². The number of ether oxygens (including phenoxy) is 1. The molecular weight excluding hydrogens is 514 g/mol. The SMILES string of the molecule is COc1cccc(N(CC(=O)N(Cc2cccc(C)c2)C(C)C(=O)NC(C)(C)C)S(=O)(=O)c2ccccc2)c1. The van der Waals surface area contributed by atoms with E-state index < -0.39 is 34.1 Å². The van der Waals surface area contributed by atoms with Crippen molar-refractivity contribution in [2.24, 2.45) is 0 Å². The molecule has 1 N–H and O–H groups in total. The lowest BCUT2D eigenvalue weighted by atomic mass is 10.1. The van der Waals surface area contributed by atoms with Gasteiger partial charge in [-0.3, -0.25) is 13.9 Å². The second-order valence-electron chi connectivity index (χ2n) is 10.5. The lowest BCUT2D eigenvalue weighted by Crippen LogP contribution is -2.54. The Bertz CT molecular complexity index is 1400. The largest absolute Gasteiger partial charge is 0.497 e. The van der Waals surface area contributed by atoms with Crippen molar-refractivity contribution in [3.63, 3.8) is 0 Å². The number of rotatable bonds is 10. The summed E-state index contributed by atoms with van der Waals surface area (Å²) in [5.41, 5.74) is 1.61. The highest BCUT2D eigenvalue weighted by Crippen LogP contribution is 2.27. The van der Waals surface area contributed by atoms with Gasteiger partial charge in [0.2, 0.25) is 11.8 Å². The molecule has 1 unspecified atom stereocenters. The van der Waals surface area contributed by atoms with Gasteiger partial charge < -0.3 is 15.0 Å². The van der Waals surface area contributed by atoms with Crippen LogP contribution in [0.2, 0.25) is 0 Å². The van der Waals surface area contributed by atoms with Gasteiger partial charge in [-0.25, -0.2) is 8.42 Å². The van der Waals surface area contributed by atoms with E-state index in [9.17, 15) is 18.0 Å². The molecule has 208 valence electrons. The Hall–Kier alpha value is -3.85. The lowest BCUT2D eigenvalue weighted by Gasteiger charge is -2.33. The molecule has 0 aliphatic heterocycles. The molecule has 8 nitrogen and oxygen atoms in total. The number of hydrogen-bond donors (Lipinski definition) is 1. The summed E-state index contributed by atoms with van der Waals surface area (Å²) in [6, 6.07) is 21.3. The smallest absolute Gasteiger partial charge is 0.264 e. The number of hydrogen-bond acceptors (Lipinski definition) is 5. The summed E-state index contributed by atoms with van der Waals surface area (Å²) in [6.07, 6.45) is 0. The van der Waals surface area contributed by atoms with Crippen LogP contribution < -0.4 is 14.4 Å². The molecule has 0 heterocycles.